The van der Waals surface area contributed by atoms with E-state index in [-0.39, 0.29) is 18.6 Å². The van der Waals surface area contributed by atoms with Gasteiger partial charge in [0.15, 0.2) is 5.81 Å². The van der Waals surface area contributed by atoms with E-state index in [2.05, 4.69) is 5.32 Å². The van der Waals surface area contributed by atoms with Gasteiger partial charge in [-0.05, 0) is 0 Å². The van der Waals surface area contributed by atoms with Gasteiger partial charge in [0.25, 0.3) is 0 Å². The molecule has 0 radical (unpaired) electrons. The molecular weight excluding hydrogens is 143 g/mol. The maximum atomic E-state index is 11.1. The van der Waals surface area contributed by atoms with Crippen molar-refractivity contribution < 1.29 is 9.59 Å². The van der Waals surface area contributed by atoms with E-state index in [0.717, 1.165) is 4.90 Å². The first-order valence-corrected chi connectivity index (χ1v) is 3.50. The Bertz CT molecular complexity index is 170. The largest absolute Gasteiger partial charge is 0.341 e. The van der Waals surface area contributed by atoms with Crippen molar-refractivity contribution >= 4 is 18.6 Å². The molecule has 11 heavy (non-hydrogen) atoms. The highest BCUT2D eigenvalue weighted by molar-refractivity contribution is 6.88. The van der Waals surface area contributed by atoms with Crippen LogP contribution in [0.4, 0.5) is 9.59 Å². The Hall–Kier alpha value is -0.995. The van der Waals surface area contributed by atoms with Crippen LogP contribution in [0, 0.1) is 0 Å². The molecule has 0 saturated carbocycles. The third-order valence-electron chi connectivity index (χ3n) is 1.34. The average Bonchev–Trinajstić information content (AvgIpc) is 2.00. The fourth-order valence-corrected chi connectivity index (χ4v) is 0.655. The molecule has 0 spiro atoms. The number of imide groups is 1. The molecular formula is C6H13BN2O2. The van der Waals surface area contributed by atoms with E-state index in [4.69, 9.17) is 0 Å². The van der Waals surface area contributed by atoms with Gasteiger partial charge in [-0.2, -0.15) is 0 Å². The summed E-state index contributed by atoms with van der Waals surface area (Å²) in [6.45, 7) is 3.36. The van der Waals surface area contributed by atoms with Crippen LogP contribution in [-0.4, -0.2) is 37.5 Å². The molecule has 0 aromatic rings. The average molecular weight is 156 g/mol. The van der Waals surface area contributed by atoms with E-state index in [0.29, 0.717) is 0 Å². The van der Waals surface area contributed by atoms with Crippen molar-refractivity contribution in [2.24, 2.45) is 0 Å². The standard InChI is InChI=1S/C6H13BN2O2/c1-7(2)5(10)9(4)6(11)8-3/h1-4H3,(H,8,11). The zero-order valence-electron chi connectivity index (χ0n) is 7.34. The maximum absolute atomic E-state index is 11.1. The van der Waals surface area contributed by atoms with Crippen LogP contribution in [0.15, 0.2) is 0 Å². The molecule has 0 aliphatic heterocycles. The molecule has 62 valence electrons. The Morgan fingerprint density at radius 2 is 1.82 bits per heavy atom. The first-order valence-electron chi connectivity index (χ1n) is 3.50. The molecule has 5 heteroatoms. The fraction of sp³-hybridized carbons (Fsp3) is 0.667. The Kier molecular flexibility index (Phi) is 3.64. The highest BCUT2D eigenvalue weighted by Crippen LogP contribution is 1.92. The minimum atomic E-state index is -0.372. The second-order valence-electron chi connectivity index (χ2n) is 2.61. The van der Waals surface area contributed by atoms with Crippen LogP contribution < -0.4 is 5.32 Å². The summed E-state index contributed by atoms with van der Waals surface area (Å²) in [4.78, 5) is 23.0. The molecule has 0 aliphatic rings. The number of carbonyl (C=O) groups is 2. The summed E-state index contributed by atoms with van der Waals surface area (Å²) in [6, 6.07) is -0.372. The summed E-state index contributed by atoms with van der Waals surface area (Å²) >= 11 is 0. The van der Waals surface area contributed by atoms with Crippen molar-refractivity contribution in [1.82, 2.24) is 10.2 Å². The molecule has 0 heterocycles. The van der Waals surface area contributed by atoms with Crippen molar-refractivity contribution in [2.45, 2.75) is 13.6 Å². The Morgan fingerprint density at radius 1 is 1.36 bits per heavy atom. The van der Waals surface area contributed by atoms with Crippen LogP contribution in [0.5, 0.6) is 0 Å². The van der Waals surface area contributed by atoms with E-state index in [1.54, 1.807) is 13.6 Å². The van der Waals surface area contributed by atoms with E-state index in [1.807, 2.05) is 0 Å². The molecule has 0 aromatic carbocycles. The van der Waals surface area contributed by atoms with E-state index in [1.165, 1.54) is 14.1 Å². The van der Waals surface area contributed by atoms with Gasteiger partial charge in [0, 0.05) is 14.1 Å². The SMILES string of the molecule is CNC(=O)N(C)C(=O)B(C)C. The molecule has 1 N–H and O–H groups in total. The summed E-state index contributed by atoms with van der Waals surface area (Å²) in [5.41, 5.74) is 0. The second kappa shape index (κ2) is 4.00. The van der Waals surface area contributed by atoms with Gasteiger partial charge < -0.3 is 5.32 Å². The summed E-state index contributed by atoms with van der Waals surface area (Å²) < 4.78 is 0. The van der Waals surface area contributed by atoms with Crippen LogP contribution in [-0.2, 0) is 0 Å². The lowest BCUT2D eigenvalue weighted by Gasteiger charge is -2.15. The molecule has 0 aliphatic carbocycles. The summed E-state index contributed by atoms with van der Waals surface area (Å²) in [5.74, 6) is -0.177. The minimum Gasteiger partial charge on any atom is -0.341 e. The quantitative estimate of drug-likeness (QED) is 0.568. The fourth-order valence-electron chi connectivity index (χ4n) is 0.655. The van der Waals surface area contributed by atoms with Crippen LogP contribution >= 0.6 is 0 Å². The highest BCUT2D eigenvalue weighted by atomic mass is 16.2. The normalized spacial score (nSPS) is 8.73. The highest BCUT2D eigenvalue weighted by Gasteiger charge is 2.19. The van der Waals surface area contributed by atoms with E-state index >= 15 is 0 Å². The number of nitrogens with one attached hydrogen (secondary N) is 1. The van der Waals surface area contributed by atoms with Gasteiger partial charge in [0.1, 0.15) is 0 Å². The molecule has 0 unspecified atom stereocenters. The first-order chi connectivity index (χ1) is 5.00. The maximum Gasteiger partial charge on any atom is 0.322 e. The molecule has 3 amide bonds. The van der Waals surface area contributed by atoms with Gasteiger partial charge >= 0.3 is 6.03 Å². The third kappa shape index (κ3) is 2.61. The molecule has 0 saturated heterocycles. The topological polar surface area (TPSA) is 49.4 Å². The molecule has 0 aromatic heterocycles. The van der Waals surface area contributed by atoms with Gasteiger partial charge in [0.05, 0.1) is 0 Å². The lowest BCUT2D eigenvalue weighted by molar-refractivity contribution is 0.207. The van der Waals surface area contributed by atoms with Crippen molar-refractivity contribution in [3.8, 4) is 0 Å². The zero-order chi connectivity index (χ0) is 9.02. The summed E-state index contributed by atoms with van der Waals surface area (Å²) in [7, 11) is 2.95. The predicted molar refractivity (Wildman–Crippen MR) is 45.1 cm³/mol. The van der Waals surface area contributed by atoms with E-state index in [9.17, 15) is 9.59 Å². The van der Waals surface area contributed by atoms with Gasteiger partial charge in [0.2, 0.25) is 6.71 Å². The summed E-state index contributed by atoms with van der Waals surface area (Å²) in [6.07, 6.45) is 0. The first kappa shape index (κ1) is 10.0. The third-order valence-corrected chi connectivity index (χ3v) is 1.34. The smallest absolute Gasteiger partial charge is 0.322 e. The number of nitrogens with zero attached hydrogens (tertiary/aromatic N) is 1. The van der Waals surface area contributed by atoms with Crippen molar-refractivity contribution in [3.63, 3.8) is 0 Å². The Morgan fingerprint density at radius 3 is 2.09 bits per heavy atom. The molecule has 4 nitrogen and oxygen atoms in total. The minimum absolute atomic E-state index is 0.141. The van der Waals surface area contributed by atoms with E-state index < -0.39 is 0 Å². The number of rotatable bonds is 1. The number of carbonyl (C=O) groups excluding carboxylic acids is 2. The lowest BCUT2D eigenvalue weighted by Crippen LogP contribution is -2.43. The zero-order valence-corrected chi connectivity index (χ0v) is 7.34. The van der Waals surface area contributed by atoms with Crippen molar-refractivity contribution in [3.05, 3.63) is 0 Å². The number of amides is 3. The van der Waals surface area contributed by atoms with Gasteiger partial charge in [-0.3, -0.25) is 9.69 Å². The van der Waals surface area contributed by atoms with Crippen LogP contribution in [0.2, 0.25) is 13.6 Å². The predicted octanol–water partition coefficient (Wildman–Crippen LogP) is 0.714. The number of urea groups is 1. The summed E-state index contributed by atoms with van der Waals surface area (Å²) in [5, 5.41) is 2.37. The molecule has 0 rings (SSSR count). The van der Waals surface area contributed by atoms with Crippen LogP contribution in [0.3, 0.4) is 0 Å². The molecule has 0 atom stereocenters. The van der Waals surface area contributed by atoms with Gasteiger partial charge in [-0.25, -0.2) is 4.79 Å². The van der Waals surface area contributed by atoms with Gasteiger partial charge in [-0.15, -0.1) is 0 Å². The Balaban J connectivity index is 4.13. The molecule has 0 bridgehead atoms. The lowest BCUT2D eigenvalue weighted by atomic mass is 9.53. The monoisotopic (exact) mass is 156 g/mol. The van der Waals surface area contributed by atoms with Crippen molar-refractivity contribution in [2.75, 3.05) is 14.1 Å². The van der Waals surface area contributed by atoms with Crippen LogP contribution in [0.1, 0.15) is 0 Å². The molecule has 0 fully saturated rings. The van der Waals surface area contributed by atoms with Gasteiger partial charge in [-0.1, -0.05) is 13.6 Å². The van der Waals surface area contributed by atoms with Crippen LogP contribution in [0.25, 0.3) is 0 Å². The van der Waals surface area contributed by atoms with Crippen molar-refractivity contribution in [1.29, 1.82) is 0 Å². The Labute approximate surface area is 67.0 Å². The second-order valence-corrected chi connectivity index (χ2v) is 2.61. The number of hydrogen-bond acceptors (Lipinski definition) is 2. The number of hydrogen-bond donors (Lipinski definition) is 1.